The molecule has 0 atom stereocenters. The zero-order valence-corrected chi connectivity index (χ0v) is 28.6. The van der Waals surface area contributed by atoms with Crippen molar-refractivity contribution in [2.75, 3.05) is 43.0 Å². The van der Waals surface area contributed by atoms with Crippen molar-refractivity contribution >= 4 is 57.3 Å². The molecule has 256 valence electrons. The molecule has 0 radical (unpaired) electrons. The molecule has 47 heavy (non-hydrogen) atoms. The average Bonchev–Trinajstić information content (AvgIpc) is 3.00. The summed E-state index contributed by atoms with van der Waals surface area (Å²) < 4.78 is 59.7. The van der Waals surface area contributed by atoms with Crippen LogP contribution in [-0.2, 0) is 16.6 Å². The van der Waals surface area contributed by atoms with Crippen molar-refractivity contribution in [2.24, 2.45) is 0 Å². The van der Waals surface area contributed by atoms with E-state index < -0.39 is 33.6 Å². The van der Waals surface area contributed by atoms with Gasteiger partial charge in [0, 0.05) is 57.6 Å². The molecule has 0 spiro atoms. The maximum atomic E-state index is 14.5. The Morgan fingerprint density at radius 3 is 2.43 bits per heavy atom. The first-order valence-corrected chi connectivity index (χ1v) is 17.0. The van der Waals surface area contributed by atoms with E-state index >= 15 is 0 Å². The summed E-state index contributed by atoms with van der Waals surface area (Å²) >= 11 is 6.26. The fraction of sp³-hybridized carbons (Fsp3) is 0.387. The Hall–Kier alpha value is -3.72. The average molecular weight is 716 g/mol. The Morgan fingerprint density at radius 1 is 1.11 bits per heavy atom. The van der Waals surface area contributed by atoms with Gasteiger partial charge in [0.1, 0.15) is 17.4 Å². The van der Waals surface area contributed by atoms with Crippen LogP contribution in [-0.4, -0.2) is 74.1 Å². The number of sulfonamides is 1. The van der Waals surface area contributed by atoms with Crippen molar-refractivity contribution in [1.29, 1.82) is 0 Å². The molecule has 16 heteroatoms. The maximum absolute atomic E-state index is 14.5. The van der Waals surface area contributed by atoms with E-state index in [0.29, 0.717) is 62.4 Å². The van der Waals surface area contributed by atoms with Gasteiger partial charge in [-0.2, -0.15) is 0 Å². The van der Waals surface area contributed by atoms with Gasteiger partial charge in [-0.05, 0) is 49.1 Å². The Bertz CT molecular complexity index is 1660. The quantitative estimate of drug-likeness (QED) is 0.202. The molecule has 1 aromatic heterocycles. The van der Waals surface area contributed by atoms with Crippen LogP contribution in [0.1, 0.15) is 48.5 Å². The van der Waals surface area contributed by atoms with Crippen molar-refractivity contribution in [3.05, 3.63) is 76.4 Å². The van der Waals surface area contributed by atoms with Crippen molar-refractivity contribution in [2.45, 2.75) is 45.2 Å². The number of nitrogens with one attached hydrogen (secondary N) is 3. The Morgan fingerprint density at radius 2 is 1.83 bits per heavy atom. The number of nitrogens with zero attached hydrogens (tertiary/aromatic N) is 3. The summed E-state index contributed by atoms with van der Waals surface area (Å²) in [6.45, 7) is 4.56. The van der Waals surface area contributed by atoms with E-state index in [-0.39, 0.29) is 34.7 Å². The second kappa shape index (κ2) is 16.9. The Labute approximate surface area is 284 Å². The number of piperidine rings is 1. The first kappa shape index (κ1) is 37.7. The van der Waals surface area contributed by atoms with Gasteiger partial charge in [0.25, 0.3) is 5.91 Å². The summed E-state index contributed by atoms with van der Waals surface area (Å²) in [4.78, 5) is 33.6. The minimum Gasteiger partial charge on any atom is -0.437 e. The highest BCUT2D eigenvalue weighted by molar-refractivity contribution is 7.92. The van der Waals surface area contributed by atoms with Crippen LogP contribution in [0.25, 0.3) is 0 Å². The van der Waals surface area contributed by atoms with Gasteiger partial charge >= 0.3 is 6.03 Å². The van der Waals surface area contributed by atoms with Crippen LogP contribution in [0.2, 0.25) is 5.02 Å². The van der Waals surface area contributed by atoms with Gasteiger partial charge in [-0.25, -0.2) is 27.0 Å². The number of hydrogen-bond acceptors (Lipinski definition) is 7. The van der Waals surface area contributed by atoms with Crippen molar-refractivity contribution in [3.63, 3.8) is 0 Å². The largest absolute Gasteiger partial charge is 0.437 e. The number of unbranched alkanes of at least 4 members (excludes halogenated alkanes) is 1. The number of anilines is 2. The molecule has 2 heterocycles. The van der Waals surface area contributed by atoms with Gasteiger partial charge in [0.2, 0.25) is 15.9 Å². The predicted molar refractivity (Wildman–Crippen MR) is 180 cm³/mol. The van der Waals surface area contributed by atoms with Crippen LogP contribution >= 0.6 is 24.0 Å². The third-order valence-electron chi connectivity index (χ3n) is 7.43. The molecule has 3 N–H and O–H groups in total. The van der Waals surface area contributed by atoms with Crippen LogP contribution in [0.3, 0.4) is 0 Å². The van der Waals surface area contributed by atoms with Crippen LogP contribution < -0.4 is 20.1 Å². The summed E-state index contributed by atoms with van der Waals surface area (Å²) in [6, 6.07) is 9.19. The van der Waals surface area contributed by atoms with E-state index in [4.69, 9.17) is 16.3 Å². The molecule has 0 saturated carbocycles. The molecular weight excluding hydrogens is 677 g/mol. The predicted octanol–water partition coefficient (Wildman–Crippen LogP) is 6.26. The molecule has 3 aromatic rings. The van der Waals surface area contributed by atoms with Gasteiger partial charge in [0.15, 0.2) is 0 Å². The number of urea groups is 1. The topological polar surface area (TPSA) is 133 Å². The van der Waals surface area contributed by atoms with Gasteiger partial charge in [-0.15, -0.1) is 12.4 Å². The molecule has 1 aliphatic rings. The normalized spacial score (nSPS) is 13.7. The van der Waals surface area contributed by atoms with E-state index in [1.165, 1.54) is 19.2 Å². The highest BCUT2D eigenvalue weighted by Crippen LogP contribution is 2.31. The second-order valence-corrected chi connectivity index (χ2v) is 13.2. The molecule has 0 aliphatic carbocycles. The van der Waals surface area contributed by atoms with E-state index in [1.807, 2.05) is 13.0 Å². The van der Waals surface area contributed by atoms with E-state index in [0.717, 1.165) is 30.7 Å². The second-order valence-electron chi connectivity index (χ2n) is 11.0. The van der Waals surface area contributed by atoms with Crippen molar-refractivity contribution in [3.8, 4) is 11.6 Å². The minimum atomic E-state index is -3.44. The molecule has 1 saturated heterocycles. The molecule has 2 aromatic carbocycles. The molecule has 1 fully saturated rings. The highest BCUT2D eigenvalue weighted by Gasteiger charge is 2.29. The van der Waals surface area contributed by atoms with Crippen molar-refractivity contribution < 1.29 is 31.5 Å². The SMILES string of the molecule is CCCCN(C(=O)Nc1cc(C(=O)NC)c(F)cc1F)C1CCN(Cc2ccc(Oc3ccc(NS(C)(=O)=O)cc3Cl)nc2)CC1.Cl. The van der Waals surface area contributed by atoms with E-state index in [9.17, 15) is 26.8 Å². The maximum Gasteiger partial charge on any atom is 0.322 e. The number of hydrogen-bond donors (Lipinski definition) is 3. The third-order valence-corrected chi connectivity index (χ3v) is 8.34. The number of pyridine rings is 1. The third kappa shape index (κ3) is 10.6. The van der Waals surface area contributed by atoms with Gasteiger partial charge in [-0.1, -0.05) is 31.0 Å². The number of amides is 3. The van der Waals surface area contributed by atoms with Gasteiger partial charge in [0.05, 0.1) is 28.2 Å². The van der Waals surface area contributed by atoms with Crippen LogP contribution in [0.5, 0.6) is 11.6 Å². The van der Waals surface area contributed by atoms with Gasteiger partial charge < -0.3 is 20.3 Å². The molecule has 0 unspecified atom stereocenters. The van der Waals surface area contributed by atoms with Crippen LogP contribution in [0.4, 0.5) is 25.0 Å². The number of carbonyl (C=O) groups is 2. The van der Waals surface area contributed by atoms with Crippen LogP contribution in [0, 0.1) is 11.6 Å². The lowest BCUT2D eigenvalue weighted by atomic mass is 10.0. The molecule has 11 nitrogen and oxygen atoms in total. The molecule has 1 aliphatic heterocycles. The van der Waals surface area contributed by atoms with Crippen LogP contribution in [0.15, 0.2) is 48.7 Å². The van der Waals surface area contributed by atoms with Gasteiger partial charge in [-0.3, -0.25) is 14.4 Å². The summed E-state index contributed by atoms with van der Waals surface area (Å²) in [5, 5.41) is 5.08. The number of carbonyl (C=O) groups excluding carboxylic acids is 2. The lowest BCUT2D eigenvalue weighted by Gasteiger charge is -2.38. The number of aromatic nitrogens is 1. The lowest BCUT2D eigenvalue weighted by Crippen LogP contribution is -2.49. The zero-order valence-electron chi connectivity index (χ0n) is 26.2. The Balaban J connectivity index is 0.00000600. The fourth-order valence-corrected chi connectivity index (χ4v) is 5.88. The number of halogens is 4. The smallest absolute Gasteiger partial charge is 0.322 e. The minimum absolute atomic E-state index is 0. The first-order chi connectivity index (χ1) is 21.9. The lowest BCUT2D eigenvalue weighted by molar-refractivity contribution is 0.0959. The van der Waals surface area contributed by atoms with E-state index in [1.54, 1.807) is 23.2 Å². The molecule has 0 bridgehead atoms. The summed E-state index contributed by atoms with van der Waals surface area (Å²) in [7, 11) is -2.10. The number of ether oxygens (including phenoxy) is 1. The molecule has 4 rings (SSSR count). The highest BCUT2D eigenvalue weighted by atomic mass is 35.5. The molecular formula is C31H38Cl2F2N6O5S. The summed E-state index contributed by atoms with van der Waals surface area (Å²) in [5.74, 6) is -2.04. The number of benzene rings is 2. The molecule has 3 amide bonds. The monoisotopic (exact) mass is 714 g/mol. The zero-order chi connectivity index (χ0) is 33.4. The Kier molecular flexibility index (Phi) is 13.6. The van der Waals surface area contributed by atoms with E-state index in [2.05, 4.69) is 25.2 Å². The standard InChI is InChI=1S/C31H37ClF2N6O5S.ClH/c1-4-5-12-40(31(42)37-27-16-23(30(41)35-2)25(33)17-26(27)34)22-10-13-39(14-11-22)19-20-6-9-29(36-18-20)45-28-8-7-21(15-24(28)32)38-46(3,43)44;/h6-9,15-18,22,38H,4-5,10-14,19H2,1-3H3,(H,35,41)(H,37,42);1H. The number of rotatable bonds is 12. The summed E-state index contributed by atoms with van der Waals surface area (Å²) in [5.41, 5.74) is 0.666. The fourth-order valence-electron chi connectivity index (χ4n) is 5.10. The summed E-state index contributed by atoms with van der Waals surface area (Å²) in [6.07, 6.45) is 5.77. The number of likely N-dealkylation sites (tertiary alicyclic amines) is 1. The van der Waals surface area contributed by atoms with Crippen molar-refractivity contribution in [1.82, 2.24) is 20.1 Å². The first-order valence-electron chi connectivity index (χ1n) is 14.8.